The van der Waals surface area contributed by atoms with E-state index >= 15 is 0 Å². The molecule has 0 spiro atoms. The second-order valence-corrected chi connectivity index (χ2v) is 7.53. The maximum atomic E-state index is 5.46. The number of aryl methyl sites for hydroxylation is 2. The maximum absolute atomic E-state index is 5.46. The van der Waals surface area contributed by atoms with Crippen LogP contribution in [0.2, 0.25) is 0 Å². The molecule has 2 aromatic heterocycles. The Hall–Kier alpha value is -3.25. The number of benzene rings is 1. The van der Waals surface area contributed by atoms with Crippen molar-refractivity contribution in [1.29, 1.82) is 0 Å². The molecule has 0 aliphatic carbocycles. The first-order chi connectivity index (χ1) is 14.6. The molecule has 3 aromatic rings. The molecule has 0 amide bonds. The summed E-state index contributed by atoms with van der Waals surface area (Å²) in [5.74, 6) is 1.86. The van der Waals surface area contributed by atoms with Crippen LogP contribution in [0.1, 0.15) is 22.5 Å². The lowest BCUT2D eigenvalue weighted by Crippen LogP contribution is -2.36. The molecule has 0 bridgehead atoms. The fourth-order valence-electron chi connectivity index (χ4n) is 3.73. The minimum absolute atomic E-state index is 0.743. The number of aromatic nitrogens is 3. The van der Waals surface area contributed by atoms with Gasteiger partial charge in [0.15, 0.2) is 0 Å². The normalized spacial score (nSPS) is 14.4. The second-order valence-electron chi connectivity index (χ2n) is 7.53. The number of aliphatic imine (C=N–C) groups is 1. The number of morpholine rings is 1. The van der Waals surface area contributed by atoms with Gasteiger partial charge in [-0.1, -0.05) is 17.7 Å². The lowest BCUT2D eigenvalue weighted by atomic mass is 10.1. The molecular weight excluding hydrogens is 374 g/mol. The van der Waals surface area contributed by atoms with E-state index in [0.29, 0.717) is 0 Å². The van der Waals surface area contributed by atoms with E-state index in [1.54, 1.807) is 6.20 Å². The van der Waals surface area contributed by atoms with Gasteiger partial charge in [-0.15, -0.1) is 0 Å². The zero-order chi connectivity index (χ0) is 21.1. The summed E-state index contributed by atoms with van der Waals surface area (Å²) < 4.78 is 7.65. The van der Waals surface area contributed by atoms with Gasteiger partial charge in [-0.25, -0.2) is 9.97 Å². The molecule has 0 unspecified atom stereocenters. The molecule has 6 nitrogen and oxygen atoms in total. The van der Waals surface area contributed by atoms with Gasteiger partial charge in [0.05, 0.1) is 18.9 Å². The molecule has 4 rings (SSSR count). The minimum atomic E-state index is 0.743. The molecule has 1 aliphatic heterocycles. The van der Waals surface area contributed by atoms with E-state index in [2.05, 4.69) is 72.3 Å². The van der Waals surface area contributed by atoms with Crippen LogP contribution in [-0.2, 0) is 4.74 Å². The van der Waals surface area contributed by atoms with E-state index < -0.39 is 0 Å². The smallest absolute Gasteiger partial charge is 0.147 e. The second kappa shape index (κ2) is 8.63. The van der Waals surface area contributed by atoms with Crippen LogP contribution in [0, 0.1) is 20.8 Å². The highest BCUT2D eigenvalue weighted by atomic mass is 16.5. The van der Waals surface area contributed by atoms with Gasteiger partial charge in [0.1, 0.15) is 11.6 Å². The van der Waals surface area contributed by atoms with Crippen molar-refractivity contribution in [3.63, 3.8) is 0 Å². The highest BCUT2D eigenvalue weighted by molar-refractivity contribution is 5.68. The lowest BCUT2D eigenvalue weighted by Gasteiger charge is -2.28. The summed E-state index contributed by atoms with van der Waals surface area (Å²) in [5.41, 5.74) is 6.37. The zero-order valence-electron chi connectivity index (χ0n) is 17.8. The third kappa shape index (κ3) is 3.91. The number of imidazole rings is 1. The first-order valence-corrected chi connectivity index (χ1v) is 10.2. The molecule has 1 aliphatic rings. The van der Waals surface area contributed by atoms with Crippen molar-refractivity contribution >= 4 is 18.6 Å². The Morgan fingerprint density at radius 1 is 1.10 bits per heavy atom. The zero-order valence-corrected chi connectivity index (χ0v) is 17.8. The highest BCUT2D eigenvalue weighted by Gasteiger charge is 2.19. The van der Waals surface area contributed by atoms with Crippen molar-refractivity contribution in [2.45, 2.75) is 20.8 Å². The molecule has 1 fully saturated rings. The topological polar surface area (TPSA) is 55.5 Å². The summed E-state index contributed by atoms with van der Waals surface area (Å²) in [4.78, 5) is 15.8. The molecule has 3 heterocycles. The average Bonchev–Trinajstić information content (AvgIpc) is 3.09. The fraction of sp³-hybridized carbons (Fsp3) is 0.292. The van der Waals surface area contributed by atoms with E-state index in [1.807, 2.05) is 12.3 Å². The summed E-state index contributed by atoms with van der Waals surface area (Å²) in [7, 11) is 0. The van der Waals surface area contributed by atoms with Crippen LogP contribution in [-0.4, -0.2) is 47.6 Å². The molecule has 0 saturated carbocycles. The van der Waals surface area contributed by atoms with Gasteiger partial charge in [-0.05, 0) is 57.3 Å². The van der Waals surface area contributed by atoms with Crippen molar-refractivity contribution in [2.75, 3.05) is 31.2 Å². The number of rotatable bonds is 5. The van der Waals surface area contributed by atoms with Gasteiger partial charge in [-0.3, -0.25) is 9.56 Å². The molecule has 0 N–H and O–H groups in total. The van der Waals surface area contributed by atoms with E-state index in [-0.39, 0.29) is 0 Å². The Morgan fingerprint density at radius 2 is 1.83 bits per heavy atom. The molecule has 6 heteroatoms. The molecule has 1 saturated heterocycles. The number of hydrogen-bond acceptors (Lipinski definition) is 5. The van der Waals surface area contributed by atoms with Gasteiger partial charge >= 0.3 is 0 Å². The minimum Gasteiger partial charge on any atom is -0.378 e. The van der Waals surface area contributed by atoms with E-state index in [0.717, 1.165) is 66.1 Å². The van der Waals surface area contributed by atoms with Crippen LogP contribution in [0.4, 0.5) is 5.82 Å². The molecule has 30 heavy (non-hydrogen) atoms. The Labute approximate surface area is 177 Å². The van der Waals surface area contributed by atoms with Gasteiger partial charge in [0, 0.05) is 42.4 Å². The molecule has 154 valence electrons. The van der Waals surface area contributed by atoms with Crippen LogP contribution in [0.5, 0.6) is 0 Å². The first-order valence-electron chi connectivity index (χ1n) is 10.2. The third-order valence-electron chi connectivity index (χ3n) is 5.45. The number of hydrogen-bond donors (Lipinski definition) is 0. The predicted molar refractivity (Wildman–Crippen MR) is 123 cm³/mol. The quantitative estimate of drug-likeness (QED) is 0.596. The van der Waals surface area contributed by atoms with Crippen molar-refractivity contribution < 1.29 is 4.74 Å². The van der Waals surface area contributed by atoms with Crippen LogP contribution in [0.3, 0.4) is 0 Å². The van der Waals surface area contributed by atoms with Crippen molar-refractivity contribution in [3.8, 4) is 17.1 Å². The standard InChI is InChI=1S/C24H27N5O/c1-17-5-7-20(8-6-17)29-19(3)22(9-10-25-4)27-24(29)21-16-26-23(15-18(21)2)28-11-13-30-14-12-28/h5-10,15-16H,4,11-14H2,1-3H3/b10-9-. The molecular formula is C24H27N5O. The maximum Gasteiger partial charge on any atom is 0.147 e. The van der Waals surface area contributed by atoms with E-state index in [9.17, 15) is 0 Å². The summed E-state index contributed by atoms with van der Waals surface area (Å²) in [5, 5.41) is 0. The van der Waals surface area contributed by atoms with Crippen LogP contribution in [0.25, 0.3) is 23.2 Å². The average molecular weight is 402 g/mol. The van der Waals surface area contributed by atoms with Crippen molar-refractivity contribution in [1.82, 2.24) is 14.5 Å². The first kappa shape index (κ1) is 20.0. The van der Waals surface area contributed by atoms with E-state index in [4.69, 9.17) is 14.7 Å². The van der Waals surface area contributed by atoms with Crippen LogP contribution < -0.4 is 4.90 Å². The molecule has 1 aromatic carbocycles. The van der Waals surface area contributed by atoms with Crippen LogP contribution in [0.15, 0.2) is 47.7 Å². The fourth-order valence-corrected chi connectivity index (χ4v) is 3.73. The highest BCUT2D eigenvalue weighted by Crippen LogP contribution is 2.30. The van der Waals surface area contributed by atoms with Gasteiger partial charge in [-0.2, -0.15) is 0 Å². The Balaban J connectivity index is 1.82. The van der Waals surface area contributed by atoms with Gasteiger partial charge < -0.3 is 9.64 Å². The summed E-state index contributed by atoms with van der Waals surface area (Å²) in [6.07, 6.45) is 5.50. The van der Waals surface area contributed by atoms with Crippen LogP contribution >= 0.6 is 0 Å². The molecule has 0 atom stereocenters. The lowest BCUT2D eigenvalue weighted by molar-refractivity contribution is 0.122. The van der Waals surface area contributed by atoms with E-state index in [1.165, 1.54) is 5.56 Å². The third-order valence-corrected chi connectivity index (χ3v) is 5.45. The Kier molecular flexibility index (Phi) is 5.77. The van der Waals surface area contributed by atoms with Crippen molar-refractivity contribution in [2.24, 2.45) is 4.99 Å². The Morgan fingerprint density at radius 3 is 2.50 bits per heavy atom. The number of pyridine rings is 1. The predicted octanol–water partition coefficient (Wildman–Crippen LogP) is 4.37. The number of ether oxygens (including phenoxy) is 1. The largest absolute Gasteiger partial charge is 0.378 e. The van der Waals surface area contributed by atoms with Gasteiger partial charge in [0.2, 0.25) is 0 Å². The number of anilines is 1. The van der Waals surface area contributed by atoms with Crippen molar-refractivity contribution in [3.05, 3.63) is 65.2 Å². The number of nitrogens with zero attached hydrogens (tertiary/aromatic N) is 5. The SMILES string of the molecule is C=N/C=C\c1nc(-c2cnc(N3CCOCC3)cc2C)n(-c2ccc(C)cc2)c1C. The van der Waals surface area contributed by atoms with Gasteiger partial charge in [0.25, 0.3) is 0 Å². The monoisotopic (exact) mass is 401 g/mol. The molecule has 0 radical (unpaired) electrons. The summed E-state index contributed by atoms with van der Waals surface area (Å²) >= 11 is 0. The summed E-state index contributed by atoms with van der Waals surface area (Å²) in [6.45, 7) is 13.0. The Bertz CT molecular complexity index is 1080. The summed E-state index contributed by atoms with van der Waals surface area (Å²) in [6, 6.07) is 10.6.